The van der Waals surface area contributed by atoms with Crippen LogP contribution in [-0.2, 0) is 16.0 Å². The minimum atomic E-state index is -0.195. The number of benzene rings is 2. The molecular weight excluding hydrogens is 384 g/mol. The van der Waals surface area contributed by atoms with E-state index in [2.05, 4.69) is 20.2 Å². The molecule has 2 N–H and O–H groups in total. The van der Waals surface area contributed by atoms with E-state index < -0.39 is 0 Å². The van der Waals surface area contributed by atoms with Crippen molar-refractivity contribution in [2.45, 2.75) is 6.54 Å². The molecule has 0 unspecified atom stereocenters. The van der Waals surface area contributed by atoms with Crippen molar-refractivity contribution in [2.75, 3.05) is 51.9 Å². The van der Waals surface area contributed by atoms with Gasteiger partial charge in [0, 0.05) is 31.5 Å². The molecule has 1 saturated heterocycles. The fourth-order valence-electron chi connectivity index (χ4n) is 3.36. The van der Waals surface area contributed by atoms with Crippen LogP contribution in [0.5, 0.6) is 5.75 Å². The number of amides is 1. The third kappa shape index (κ3) is 5.15. The smallest absolute Gasteiger partial charge is 0.255 e. The molecule has 1 aliphatic rings. The van der Waals surface area contributed by atoms with E-state index in [0.717, 1.165) is 49.7 Å². The van der Waals surface area contributed by atoms with Crippen LogP contribution in [0, 0.1) is 0 Å². The molecular formula is C22H26N4O4. The molecule has 2 heterocycles. The van der Waals surface area contributed by atoms with Gasteiger partial charge < -0.3 is 24.5 Å². The number of hydrogen-bond acceptors (Lipinski definition) is 6. The molecule has 30 heavy (non-hydrogen) atoms. The zero-order valence-corrected chi connectivity index (χ0v) is 17.0. The quantitative estimate of drug-likeness (QED) is 0.555. The number of H-pyrrole nitrogens is 1. The Morgan fingerprint density at radius 1 is 1.20 bits per heavy atom. The number of fused-ring (bicyclic) bond motifs is 1. The Morgan fingerprint density at radius 2 is 2.07 bits per heavy atom. The van der Waals surface area contributed by atoms with E-state index in [1.54, 1.807) is 25.3 Å². The fraction of sp³-hybridized carbons (Fsp3) is 0.364. The van der Waals surface area contributed by atoms with Gasteiger partial charge in [-0.1, -0.05) is 6.07 Å². The van der Waals surface area contributed by atoms with Gasteiger partial charge >= 0.3 is 0 Å². The van der Waals surface area contributed by atoms with E-state index >= 15 is 0 Å². The molecule has 1 aromatic heterocycles. The van der Waals surface area contributed by atoms with Gasteiger partial charge in [0.05, 0.1) is 37.4 Å². The number of carbonyl (C=O) groups is 1. The first-order chi connectivity index (χ1) is 14.7. The Hall–Kier alpha value is -2.94. The minimum absolute atomic E-state index is 0.195. The highest BCUT2D eigenvalue weighted by Crippen LogP contribution is 2.20. The monoisotopic (exact) mass is 410 g/mol. The Bertz CT molecular complexity index is 998. The van der Waals surface area contributed by atoms with Gasteiger partial charge in [0.2, 0.25) is 0 Å². The summed E-state index contributed by atoms with van der Waals surface area (Å²) in [5.74, 6) is 1.35. The van der Waals surface area contributed by atoms with Crippen LogP contribution < -0.4 is 10.1 Å². The molecule has 1 amide bonds. The Kier molecular flexibility index (Phi) is 6.58. The average molecular weight is 410 g/mol. The first-order valence-corrected chi connectivity index (χ1v) is 10.0. The molecule has 0 spiro atoms. The van der Waals surface area contributed by atoms with Crippen LogP contribution in [0.25, 0.3) is 11.0 Å². The van der Waals surface area contributed by atoms with Gasteiger partial charge in [0.15, 0.2) is 0 Å². The number of ether oxygens (including phenoxy) is 3. The van der Waals surface area contributed by atoms with E-state index in [4.69, 9.17) is 14.2 Å². The topological polar surface area (TPSA) is 88.7 Å². The number of imidazole rings is 1. The lowest BCUT2D eigenvalue weighted by atomic mass is 10.2. The summed E-state index contributed by atoms with van der Waals surface area (Å²) in [6.45, 7) is 5.03. The number of anilines is 1. The maximum absolute atomic E-state index is 12.7. The second-order valence-corrected chi connectivity index (χ2v) is 7.13. The lowest BCUT2D eigenvalue weighted by molar-refractivity contribution is 0.0332. The van der Waals surface area contributed by atoms with Crippen molar-refractivity contribution >= 4 is 22.6 Å². The van der Waals surface area contributed by atoms with Crippen molar-refractivity contribution in [2.24, 2.45) is 0 Å². The summed E-state index contributed by atoms with van der Waals surface area (Å²) < 4.78 is 16.0. The van der Waals surface area contributed by atoms with Crippen molar-refractivity contribution < 1.29 is 19.0 Å². The Labute approximate surface area is 175 Å². The van der Waals surface area contributed by atoms with Crippen LogP contribution in [-0.4, -0.2) is 67.4 Å². The predicted octanol–water partition coefficient (Wildman–Crippen LogP) is 2.67. The van der Waals surface area contributed by atoms with E-state index in [0.29, 0.717) is 30.2 Å². The van der Waals surface area contributed by atoms with Crippen LogP contribution in [0.2, 0.25) is 0 Å². The summed E-state index contributed by atoms with van der Waals surface area (Å²) >= 11 is 0. The van der Waals surface area contributed by atoms with Crippen molar-refractivity contribution in [3.63, 3.8) is 0 Å². The van der Waals surface area contributed by atoms with Crippen LogP contribution >= 0.6 is 0 Å². The predicted molar refractivity (Wildman–Crippen MR) is 114 cm³/mol. The average Bonchev–Trinajstić information content (AvgIpc) is 3.16. The minimum Gasteiger partial charge on any atom is -0.491 e. The highest BCUT2D eigenvalue weighted by atomic mass is 16.5. The van der Waals surface area contributed by atoms with Crippen molar-refractivity contribution in [1.29, 1.82) is 0 Å². The third-order valence-corrected chi connectivity index (χ3v) is 4.92. The molecule has 8 heteroatoms. The number of nitrogens with zero attached hydrogens (tertiary/aromatic N) is 2. The second-order valence-electron chi connectivity index (χ2n) is 7.13. The van der Waals surface area contributed by atoms with Crippen molar-refractivity contribution in [3.05, 3.63) is 53.9 Å². The number of morpholine rings is 1. The summed E-state index contributed by atoms with van der Waals surface area (Å²) in [7, 11) is 1.62. The number of methoxy groups -OCH3 is 1. The van der Waals surface area contributed by atoms with E-state index in [9.17, 15) is 4.79 Å². The molecule has 0 bridgehead atoms. The summed E-state index contributed by atoms with van der Waals surface area (Å²) in [4.78, 5) is 23.0. The van der Waals surface area contributed by atoms with Gasteiger partial charge in [-0.25, -0.2) is 4.98 Å². The molecule has 8 nitrogen and oxygen atoms in total. The zero-order valence-electron chi connectivity index (χ0n) is 17.0. The Balaban J connectivity index is 1.42. The van der Waals surface area contributed by atoms with Crippen molar-refractivity contribution in [3.8, 4) is 5.75 Å². The summed E-state index contributed by atoms with van der Waals surface area (Å²) in [5.41, 5.74) is 3.01. The molecule has 3 aromatic rings. The highest BCUT2D eigenvalue weighted by molar-refractivity contribution is 6.05. The molecule has 0 atom stereocenters. The number of aromatic nitrogens is 2. The van der Waals surface area contributed by atoms with E-state index in [1.165, 1.54) is 0 Å². The molecule has 0 radical (unpaired) electrons. The lowest BCUT2D eigenvalue weighted by Crippen LogP contribution is -2.35. The summed E-state index contributed by atoms with van der Waals surface area (Å²) in [5, 5.41) is 2.94. The molecule has 4 rings (SSSR count). The maximum Gasteiger partial charge on any atom is 0.255 e. The highest BCUT2D eigenvalue weighted by Gasteiger charge is 2.14. The van der Waals surface area contributed by atoms with Gasteiger partial charge in [-0.05, 0) is 36.4 Å². The number of aromatic amines is 1. The molecule has 1 aliphatic heterocycles. The summed E-state index contributed by atoms with van der Waals surface area (Å²) in [6.07, 6.45) is 0. The van der Waals surface area contributed by atoms with Crippen LogP contribution in [0.3, 0.4) is 0 Å². The third-order valence-electron chi connectivity index (χ3n) is 4.92. The molecule has 0 saturated carbocycles. The first-order valence-electron chi connectivity index (χ1n) is 10.0. The van der Waals surface area contributed by atoms with Gasteiger partial charge in [-0.3, -0.25) is 9.69 Å². The van der Waals surface area contributed by atoms with Gasteiger partial charge in [0.1, 0.15) is 18.2 Å². The normalized spacial score (nSPS) is 14.7. The first kappa shape index (κ1) is 20.3. The lowest BCUT2D eigenvalue weighted by Gasteiger charge is -2.25. The SMILES string of the molecule is COCCOc1cccc(C(=O)Nc2ccc3nc(CN4CCOCC4)[nH]c3c2)c1. The van der Waals surface area contributed by atoms with E-state index in [-0.39, 0.29) is 5.91 Å². The second kappa shape index (κ2) is 9.71. The zero-order chi connectivity index (χ0) is 20.8. The number of hydrogen-bond donors (Lipinski definition) is 2. The Morgan fingerprint density at radius 3 is 2.90 bits per heavy atom. The molecule has 1 fully saturated rings. The summed E-state index contributed by atoms with van der Waals surface area (Å²) in [6, 6.07) is 12.8. The van der Waals surface area contributed by atoms with Crippen molar-refractivity contribution in [1.82, 2.24) is 14.9 Å². The van der Waals surface area contributed by atoms with Crippen LogP contribution in [0.4, 0.5) is 5.69 Å². The van der Waals surface area contributed by atoms with Crippen LogP contribution in [0.1, 0.15) is 16.2 Å². The maximum atomic E-state index is 12.7. The van der Waals surface area contributed by atoms with Crippen LogP contribution in [0.15, 0.2) is 42.5 Å². The molecule has 2 aromatic carbocycles. The molecule has 0 aliphatic carbocycles. The van der Waals surface area contributed by atoms with Gasteiger partial charge in [0.25, 0.3) is 5.91 Å². The van der Waals surface area contributed by atoms with Gasteiger partial charge in [-0.2, -0.15) is 0 Å². The number of carbonyl (C=O) groups excluding carboxylic acids is 1. The standard InChI is InChI=1S/C22H26N4O4/c1-28-11-12-30-18-4-2-3-16(13-18)22(27)23-17-5-6-19-20(14-17)25-21(24-19)15-26-7-9-29-10-8-26/h2-6,13-14H,7-12,15H2,1H3,(H,23,27)(H,24,25). The number of nitrogens with one attached hydrogen (secondary N) is 2. The largest absolute Gasteiger partial charge is 0.491 e. The molecule has 158 valence electrons. The van der Waals surface area contributed by atoms with E-state index in [1.807, 2.05) is 24.3 Å². The van der Waals surface area contributed by atoms with Gasteiger partial charge in [-0.15, -0.1) is 0 Å². The number of rotatable bonds is 8. The fourth-order valence-corrected chi connectivity index (χ4v) is 3.36.